The monoisotopic (exact) mass is 306 g/mol. The third-order valence-corrected chi connectivity index (χ3v) is 4.68. The fourth-order valence-corrected chi connectivity index (χ4v) is 3.51. The van der Waals surface area contributed by atoms with Crippen molar-refractivity contribution in [3.05, 3.63) is 57.2 Å². The van der Waals surface area contributed by atoms with Crippen LogP contribution in [-0.4, -0.2) is 4.98 Å². The molecule has 0 aliphatic heterocycles. The van der Waals surface area contributed by atoms with E-state index in [9.17, 15) is 0 Å². The molecule has 0 aliphatic carbocycles. The van der Waals surface area contributed by atoms with Crippen LogP contribution in [-0.2, 0) is 6.54 Å². The molecule has 3 aromatic rings. The predicted octanol–water partition coefficient (Wildman–Crippen LogP) is 5.14. The normalized spacial score (nSPS) is 10.6. The molecule has 0 atom stereocenters. The van der Waals surface area contributed by atoms with Gasteiger partial charge in [0.15, 0.2) is 0 Å². The molecule has 0 saturated carbocycles. The van der Waals surface area contributed by atoms with E-state index < -0.39 is 0 Å². The van der Waals surface area contributed by atoms with Crippen molar-refractivity contribution in [1.82, 2.24) is 4.98 Å². The van der Waals surface area contributed by atoms with Gasteiger partial charge in [-0.3, -0.25) is 0 Å². The molecule has 3 aromatic heterocycles. The van der Waals surface area contributed by atoms with Crippen LogP contribution in [0.3, 0.4) is 0 Å². The van der Waals surface area contributed by atoms with Gasteiger partial charge in [-0.1, -0.05) is 23.7 Å². The number of hydrogen-bond donors (Lipinski definition) is 1. The number of anilines is 1. The van der Waals surface area contributed by atoms with Gasteiger partial charge >= 0.3 is 0 Å². The van der Waals surface area contributed by atoms with Gasteiger partial charge in [0.1, 0.15) is 11.0 Å². The fourth-order valence-electron chi connectivity index (χ4n) is 1.73. The van der Waals surface area contributed by atoms with Gasteiger partial charge in [-0.05, 0) is 35.0 Å². The zero-order valence-electron chi connectivity index (χ0n) is 9.97. The highest BCUT2D eigenvalue weighted by molar-refractivity contribution is 7.14. The summed E-state index contributed by atoms with van der Waals surface area (Å²) in [6.45, 7) is 0.767. The van der Waals surface area contributed by atoms with E-state index in [-0.39, 0.29) is 0 Å². The molecule has 0 fully saturated rings. The lowest BCUT2D eigenvalue weighted by molar-refractivity contribution is 1.14. The molecule has 0 amide bonds. The molecule has 19 heavy (non-hydrogen) atoms. The van der Waals surface area contributed by atoms with E-state index in [4.69, 9.17) is 11.6 Å². The molecule has 0 bridgehead atoms. The molecular formula is C14H11ClN2S2. The molecular weight excluding hydrogens is 296 g/mol. The van der Waals surface area contributed by atoms with Crippen molar-refractivity contribution in [2.75, 3.05) is 5.32 Å². The van der Waals surface area contributed by atoms with E-state index >= 15 is 0 Å². The Morgan fingerprint density at radius 3 is 2.89 bits per heavy atom. The molecule has 1 N–H and O–H groups in total. The van der Waals surface area contributed by atoms with Crippen molar-refractivity contribution in [2.24, 2.45) is 0 Å². The zero-order valence-corrected chi connectivity index (χ0v) is 12.4. The molecule has 3 heterocycles. The van der Waals surface area contributed by atoms with Crippen LogP contribution < -0.4 is 5.32 Å². The molecule has 0 spiro atoms. The van der Waals surface area contributed by atoms with Gasteiger partial charge in [0.05, 0.1) is 6.54 Å². The quantitative estimate of drug-likeness (QED) is 0.675. The van der Waals surface area contributed by atoms with Gasteiger partial charge < -0.3 is 5.32 Å². The first-order valence-electron chi connectivity index (χ1n) is 5.79. The van der Waals surface area contributed by atoms with Crippen LogP contribution in [0.1, 0.15) is 4.88 Å². The zero-order chi connectivity index (χ0) is 13.1. The highest BCUT2D eigenvalue weighted by atomic mass is 35.5. The maximum absolute atomic E-state index is 5.85. The number of rotatable bonds is 4. The summed E-state index contributed by atoms with van der Waals surface area (Å²) in [6.07, 6.45) is 0. The highest BCUT2D eigenvalue weighted by Gasteiger charge is 2.03. The van der Waals surface area contributed by atoms with Crippen LogP contribution in [0, 0.1) is 0 Å². The van der Waals surface area contributed by atoms with Crippen molar-refractivity contribution in [3.63, 3.8) is 0 Å². The summed E-state index contributed by atoms with van der Waals surface area (Å²) in [5.74, 6) is 0.804. The molecule has 0 aliphatic rings. The SMILES string of the molecule is Clc1cccc(NCc2cc(-c3cccs3)cs2)n1. The van der Waals surface area contributed by atoms with Gasteiger partial charge in [-0.15, -0.1) is 22.7 Å². The maximum atomic E-state index is 5.85. The molecule has 0 saturated heterocycles. The van der Waals surface area contributed by atoms with Gasteiger partial charge in [0, 0.05) is 15.3 Å². The molecule has 5 heteroatoms. The minimum atomic E-state index is 0.510. The minimum absolute atomic E-state index is 0.510. The second-order valence-corrected chi connectivity index (χ2v) is 6.31. The number of hydrogen-bond acceptors (Lipinski definition) is 4. The Morgan fingerprint density at radius 1 is 1.16 bits per heavy atom. The fraction of sp³-hybridized carbons (Fsp3) is 0.0714. The predicted molar refractivity (Wildman–Crippen MR) is 84.2 cm³/mol. The Labute approximate surface area is 124 Å². The van der Waals surface area contributed by atoms with Gasteiger partial charge in [0.2, 0.25) is 0 Å². The van der Waals surface area contributed by atoms with Crippen LogP contribution in [0.5, 0.6) is 0 Å². The van der Waals surface area contributed by atoms with Crippen LogP contribution in [0.25, 0.3) is 10.4 Å². The first-order valence-corrected chi connectivity index (χ1v) is 7.93. The number of thiophene rings is 2. The summed E-state index contributed by atoms with van der Waals surface area (Å²) >= 11 is 9.37. The average molecular weight is 307 g/mol. The van der Waals surface area contributed by atoms with Crippen molar-refractivity contribution in [3.8, 4) is 10.4 Å². The Hall–Kier alpha value is -1.36. The van der Waals surface area contributed by atoms with Crippen LogP contribution in [0.2, 0.25) is 5.15 Å². The van der Waals surface area contributed by atoms with Crippen LogP contribution in [0.4, 0.5) is 5.82 Å². The van der Waals surface area contributed by atoms with Crippen LogP contribution in [0.15, 0.2) is 47.2 Å². The maximum Gasteiger partial charge on any atom is 0.131 e. The molecule has 3 rings (SSSR count). The topological polar surface area (TPSA) is 24.9 Å². The first kappa shape index (κ1) is 12.7. The van der Waals surface area contributed by atoms with E-state index in [0.717, 1.165) is 12.4 Å². The molecule has 0 aromatic carbocycles. The lowest BCUT2D eigenvalue weighted by Gasteiger charge is -2.03. The third kappa shape index (κ3) is 3.15. The lowest BCUT2D eigenvalue weighted by Crippen LogP contribution is -1.99. The number of halogens is 1. The second-order valence-electron chi connectivity index (χ2n) is 3.98. The van der Waals surface area contributed by atoms with Gasteiger partial charge in [-0.25, -0.2) is 4.98 Å². The van der Waals surface area contributed by atoms with E-state index in [1.165, 1.54) is 15.3 Å². The van der Waals surface area contributed by atoms with E-state index in [1.807, 2.05) is 12.1 Å². The molecule has 96 valence electrons. The lowest BCUT2D eigenvalue weighted by atomic mass is 10.2. The van der Waals surface area contributed by atoms with E-state index in [1.54, 1.807) is 28.7 Å². The average Bonchev–Trinajstić information content (AvgIpc) is 3.07. The molecule has 2 nitrogen and oxygen atoms in total. The summed E-state index contributed by atoms with van der Waals surface area (Å²) in [5, 5.41) is 8.08. The molecule has 0 unspecified atom stereocenters. The minimum Gasteiger partial charge on any atom is -0.365 e. The Kier molecular flexibility index (Phi) is 3.82. The molecule has 0 radical (unpaired) electrons. The Morgan fingerprint density at radius 2 is 2.11 bits per heavy atom. The number of nitrogens with one attached hydrogen (secondary N) is 1. The van der Waals surface area contributed by atoms with Crippen molar-refractivity contribution >= 4 is 40.1 Å². The van der Waals surface area contributed by atoms with E-state index in [2.05, 4.69) is 39.3 Å². The summed E-state index contributed by atoms with van der Waals surface area (Å²) in [7, 11) is 0. The van der Waals surface area contributed by atoms with Gasteiger partial charge in [-0.2, -0.15) is 0 Å². The summed E-state index contributed by atoms with van der Waals surface area (Å²) in [6, 6.07) is 12.0. The largest absolute Gasteiger partial charge is 0.365 e. The van der Waals surface area contributed by atoms with Crippen molar-refractivity contribution in [1.29, 1.82) is 0 Å². The van der Waals surface area contributed by atoms with Crippen LogP contribution >= 0.6 is 34.3 Å². The summed E-state index contributed by atoms with van der Waals surface area (Å²) in [4.78, 5) is 6.80. The number of nitrogens with zero attached hydrogens (tertiary/aromatic N) is 1. The number of aromatic nitrogens is 1. The smallest absolute Gasteiger partial charge is 0.131 e. The number of pyridine rings is 1. The highest BCUT2D eigenvalue weighted by Crippen LogP contribution is 2.29. The summed E-state index contributed by atoms with van der Waals surface area (Å²) < 4.78 is 0. The first-order chi connectivity index (χ1) is 9.31. The van der Waals surface area contributed by atoms with Crippen molar-refractivity contribution < 1.29 is 0 Å². The Bertz CT molecular complexity index is 662. The Balaban J connectivity index is 1.68. The van der Waals surface area contributed by atoms with Crippen molar-refractivity contribution in [2.45, 2.75) is 6.54 Å². The summed E-state index contributed by atoms with van der Waals surface area (Å²) in [5.41, 5.74) is 1.29. The standard InChI is InChI=1S/C14H11ClN2S2/c15-13-4-1-5-14(17-13)16-8-11-7-10(9-19-11)12-3-2-6-18-12/h1-7,9H,8H2,(H,16,17). The van der Waals surface area contributed by atoms with E-state index in [0.29, 0.717) is 5.15 Å². The third-order valence-electron chi connectivity index (χ3n) is 2.62. The van der Waals surface area contributed by atoms with Gasteiger partial charge in [0.25, 0.3) is 0 Å². The second kappa shape index (κ2) is 5.74.